The molecule has 0 aliphatic carbocycles. The van der Waals surface area contributed by atoms with Crippen LogP contribution < -0.4 is 4.74 Å². The SMILES string of the molecule is CCCCCCCCCCCCCc1cnc(-c2ccc(C(=O)Oc3ccc(C(=O)O[C@H](C)C(=O)OC)cc3)cc2)nc1. The predicted molar refractivity (Wildman–Crippen MR) is 166 cm³/mol. The molecule has 0 spiro atoms. The maximum absolute atomic E-state index is 12.6. The number of carbonyl (C=O) groups is 3. The molecule has 0 aliphatic heterocycles. The van der Waals surface area contributed by atoms with Gasteiger partial charge in [-0.1, -0.05) is 83.3 Å². The van der Waals surface area contributed by atoms with Gasteiger partial charge < -0.3 is 14.2 Å². The van der Waals surface area contributed by atoms with Crippen LogP contribution in [0.15, 0.2) is 60.9 Å². The molecule has 3 aromatic rings. The first-order valence-electron chi connectivity index (χ1n) is 15.4. The smallest absolute Gasteiger partial charge is 0.346 e. The molecule has 8 heteroatoms. The molecule has 0 amide bonds. The second-order valence-electron chi connectivity index (χ2n) is 10.8. The number of ether oxygens (including phenoxy) is 3. The molecule has 0 saturated heterocycles. The fourth-order valence-electron chi connectivity index (χ4n) is 4.65. The summed E-state index contributed by atoms with van der Waals surface area (Å²) in [5, 5.41) is 0. The molecule has 0 aliphatic rings. The number of benzene rings is 2. The summed E-state index contributed by atoms with van der Waals surface area (Å²) in [5.74, 6) is -1.00. The second-order valence-corrected chi connectivity index (χ2v) is 10.8. The molecule has 0 bridgehead atoms. The largest absolute Gasteiger partial charge is 0.466 e. The van der Waals surface area contributed by atoms with Gasteiger partial charge in [0, 0.05) is 18.0 Å². The van der Waals surface area contributed by atoms with Gasteiger partial charge in [-0.15, -0.1) is 0 Å². The highest BCUT2D eigenvalue weighted by Gasteiger charge is 2.19. The summed E-state index contributed by atoms with van der Waals surface area (Å²) in [6.07, 6.45) is 18.3. The number of nitrogens with zero attached hydrogens (tertiary/aromatic N) is 2. The second kappa shape index (κ2) is 18.5. The first-order chi connectivity index (χ1) is 20.9. The molecule has 230 valence electrons. The Labute approximate surface area is 255 Å². The van der Waals surface area contributed by atoms with E-state index in [1.807, 2.05) is 12.4 Å². The molecule has 0 saturated carbocycles. The summed E-state index contributed by atoms with van der Waals surface area (Å²) in [4.78, 5) is 45.3. The van der Waals surface area contributed by atoms with Crippen molar-refractivity contribution in [3.05, 3.63) is 77.6 Å². The number of hydrogen-bond donors (Lipinski definition) is 0. The number of unbranched alkanes of at least 4 members (excludes halogenated alkanes) is 10. The third-order valence-corrected chi connectivity index (χ3v) is 7.27. The average molecular weight is 589 g/mol. The van der Waals surface area contributed by atoms with Crippen LogP contribution in [-0.4, -0.2) is 41.1 Å². The number of rotatable bonds is 18. The van der Waals surface area contributed by atoms with Gasteiger partial charge in [0.05, 0.1) is 18.2 Å². The topological polar surface area (TPSA) is 105 Å². The molecule has 0 N–H and O–H groups in total. The van der Waals surface area contributed by atoms with Crippen LogP contribution in [0, 0.1) is 0 Å². The Bertz CT molecular complexity index is 1270. The molecule has 1 heterocycles. The summed E-state index contributed by atoms with van der Waals surface area (Å²) in [6.45, 7) is 3.68. The maximum Gasteiger partial charge on any atom is 0.346 e. The highest BCUT2D eigenvalue weighted by molar-refractivity contribution is 5.93. The summed E-state index contributed by atoms with van der Waals surface area (Å²) in [5.41, 5.74) is 2.52. The molecule has 8 nitrogen and oxygen atoms in total. The zero-order chi connectivity index (χ0) is 30.9. The Morgan fingerprint density at radius 1 is 0.698 bits per heavy atom. The number of aryl methyl sites for hydroxylation is 1. The van der Waals surface area contributed by atoms with Crippen LogP contribution in [0.3, 0.4) is 0 Å². The summed E-state index contributed by atoms with van der Waals surface area (Å²) in [7, 11) is 1.22. The highest BCUT2D eigenvalue weighted by Crippen LogP contribution is 2.19. The van der Waals surface area contributed by atoms with E-state index in [9.17, 15) is 14.4 Å². The van der Waals surface area contributed by atoms with Gasteiger partial charge in [-0.25, -0.2) is 24.4 Å². The van der Waals surface area contributed by atoms with Crippen molar-refractivity contribution in [1.82, 2.24) is 9.97 Å². The monoisotopic (exact) mass is 588 g/mol. The molecule has 3 rings (SSSR count). The van der Waals surface area contributed by atoms with E-state index in [2.05, 4.69) is 21.6 Å². The van der Waals surface area contributed by atoms with Crippen LogP contribution in [0.2, 0.25) is 0 Å². The van der Waals surface area contributed by atoms with Crippen LogP contribution >= 0.6 is 0 Å². The van der Waals surface area contributed by atoms with Gasteiger partial charge in [-0.3, -0.25) is 0 Å². The zero-order valence-corrected chi connectivity index (χ0v) is 25.7. The van der Waals surface area contributed by atoms with E-state index in [-0.39, 0.29) is 11.3 Å². The number of methoxy groups -OCH3 is 1. The average Bonchev–Trinajstić information content (AvgIpc) is 3.03. The maximum atomic E-state index is 12.6. The normalized spacial score (nSPS) is 11.5. The van der Waals surface area contributed by atoms with Gasteiger partial charge in [-0.05, 0) is 61.7 Å². The molecule has 0 unspecified atom stereocenters. The first kappa shape index (κ1) is 33.4. The highest BCUT2D eigenvalue weighted by atomic mass is 16.6. The van der Waals surface area contributed by atoms with Crippen LogP contribution in [-0.2, 0) is 20.7 Å². The lowest BCUT2D eigenvalue weighted by Gasteiger charge is -2.11. The van der Waals surface area contributed by atoms with E-state index >= 15 is 0 Å². The molecule has 1 atom stereocenters. The van der Waals surface area contributed by atoms with Gasteiger partial charge in [-0.2, -0.15) is 0 Å². The van der Waals surface area contributed by atoms with Crippen molar-refractivity contribution in [3.63, 3.8) is 0 Å². The van der Waals surface area contributed by atoms with E-state index in [0.717, 1.165) is 24.0 Å². The van der Waals surface area contributed by atoms with Crippen molar-refractivity contribution in [2.75, 3.05) is 7.11 Å². The third kappa shape index (κ3) is 11.6. The number of carbonyl (C=O) groups excluding carboxylic acids is 3. The fourth-order valence-corrected chi connectivity index (χ4v) is 4.65. The van der Waals surface area contributed by atoms with Crippen molar-refractivity contribution in [2.24, 2.45) is 0 Å². The molecule has 0 radical (unpaired) electrons. The van der Waals surface area contributed by atoms with Gasteiger partial charge in [0.15, 0.2) is 11.9 Å². The fraction of sp³-hybridized carbons (Fsp3) is 0.457. The van der Waals surface area contributed by atoms with Crippen molar-refractivity contribution >= 4 is 17.9 Å². The standard InChI is InChI=1S/C35H44N2O6/c1-4-5-6-7-8-9-10-11-12-13-14-15-27-24-36-32(37-25-27)28-16-18-29(19-17-28)35(40)43-31-22-20-30(21-23-31)34(39)42-26(2)33(38)41-3/h16-26H,4-15H2,1-3H3/t26-/m1/s1. The molecule has 43 heavy (non-hydrogen) atoms. The van der Waals surface area contributed by atoms with Crippen LogP contribution in [0.25, 0.3) is 11.4 Å². The van der Waals surface area contributed by atoms with E-state index in [0.29, 0.717) is 11.4 Å². The Morgan fingerprint density at radius 2 is 1.21 bits per heavy atom. The molecular formula is C35H44N2O6. The van der Waals surface area contributed by atoms with Gasteiger partial charge >= 0.3 is 17.9 Å². The van der Waals surface area contributed by atoms with Crippen LogP contribution in [0.4, 0.5) is 0 Å². The zero-order valence-electron chi connectivity index (χ0n) is 25.7. The summed E-state index contributed by atoms with van der Waals surface area (Å²) >= 11 is 0. The Kier molecular flexibility index (Phi) is 14.4. The van der Waals surface area contributed by atoms with Crippen LogP contribution in [0.1, 0.15) is 111 Å². The first-order valence-corrected chi connectivity index (χ1v) is 15.4. The lowest BCUT2D eigenvalue weighted by molar-refractivity contribution is -0.149. The van der Waals surface area contributed by atoms with Crippen LogP contribution in [0.5, 0.6) is 5.75 Å². The lowest BCUT2D eigenvalue weighted by Crippen LogP contribution is -2.25. The van der Waals surface area contributed by atoms with E-state index in [1.165, 1.54) is 103 Å². The van der Waals surface area contributed by atoms with Gasteiger partial charge in [0.1, 0.15) is 5.75 Å². The Morgan fingerprint density at radius 3 is 1.77 bits per heavy atom. The van der Waals surface area contributed by atoms with E-state index < -0.39 is 24.0 Å². The summed E-state index contributed by atoms with van der Waals surface area (Å²) < 4.78 is 15.0. The predicted octanol–water partition coefficient (Wildman–Crippen LogP) is 7.93. The molecule has 2 aromatic carbocycles. The third-order valence-electron chi connectivity index (χ3n) is 7.27. The van der Waals surface area contributed by atoms with Crippen molar-refractivity contribution in [2.45, 2.75) is 97.0 Å². The number of hydrogen-bond acceptors (Lipinski definition) is 8. The van der Waals surface area contributed by atoms with Gasteiger partial charge in [0.25, 0.3) is 0 Å². The Hall–Kier alpha value is -4.07. The Balaban J connectivity index is 1.39. The number of aromatic nitrogens is 2. The minimum atomic E-state index is -1.03. The minimum absolute atomic E-state index is 0.213. The lowest BCUT2D eigenvalue weighted by atomic mass is 10.0. The van der Waals surface area contributed by atoms with E-state index in [1.54, 1.807) is 24.3 Å². The molecule has 1 aromatic heterocycles. The molecule has 0 fully saturated rings. The minimum Gasteiger partial charge on any atom is -0.466 e. The molecular weight excluding hydrogens is 544 g/mol. The quantitative estimate of drug-likeness (QED) is 0.0838. The van der Waals surface area contributed by atoms with Crippen molar-refractivity contribution < 1.29 is 28.6 Å². The number of esters is 3. The van der Waals surface area contributed by atoms with Crippen molar-refractivity contribution in [1.29, 1.82) is 0 Å². The van der Waals surface area contributed by atoms with Gasteiger partial charge in [0.2, 0.25) is 0 Å². The van der Waals surface area contributed by atoms with Crippen molar-refractivity contribution in [3.8, 4) is 17.1 Å². The summed E-state index contributed by atoms with van der Waals surface area (Å²) in [6, 6.07) is 12.8. The van der Waals surface area contributed by atoms with E-state index in [4.69, 9.17) is 9.47 Å².